The fourth-order valence-electron chi connectivity index (χ4n) is 1.99. The van der Waals surface area contributed by atoms with Crippen molar-refractivity contribution in [2.45, 2.75) is 6.54 Å². The molecule has 0 unspecified atom stereocenters. The second-order valence-corrected chi connectivity index (χ2v) is 5.60. The van der Waals surface area contributed by atoms with E-state index in [0.717, 1.165) is 16.9 Å². The van der Waals surface area contributed by atoms with E-state index < -0.39 is 17.6 Å². The average molecular weight is 375 g/mol. The Hall–Kier alpha value is -3.33. The first-order valence-corrected chi connectivity index (χ1v) is 7.77. The van der Waals surface area contributed by atoms with Gasteiger partial charge in [0.15, 0.2) is 0 Å². The molecule has 2 aromatic carbocycles. The quantitative estimate of drug-likeness (QED) is 0.675. The average Bonchev–Trinajstić information content (AvgIpc) is 3.09. The zero-order chi connectivity index (χ0) is 18.5. The number of halogens is 2. The summed E-state index contributed by atoms with van der Waals surface area (Å²) in [6.07, 6.45) is 0. The van der Waals surface area contributed by atoms with Gasteiger partial charge in [-0.2, -0.15) is 4.80 Å². The Labute approximate surface area is 151 Å². The van der Waals surface area contributed by atoms with E-state index in [1.54, 1.807) is 24.3 Å². The van der Waals surface area contributed by atoms with Crippen LogP contribution in [-0.4, -0.2) is 32.0 Å². The Morgan fingerprint density at radius 1 is 1.04 bits per heavy atom. The molecule has 0 aliphatic heterocycles. The fourth-order valence-corrected chi connectivity index (χ4v) is 2.12. The highest BCUT2D eigenvalue weighted by atomic mass is 35.5. The van der Waals surface area contributed by atoms with E-state index in [9.17, 15) is 14.0 Å². The number of nitrogens with one attached hydrogen (secondary N) is 2. The monoisotopic (exact) mass is 374 g/mol. The molecule has 0 radical (unpaired) electrons. The predicted molar refractivity (Wildman–Crippen MR) is 90.3 cm³/mol. The van der Waals surface area contributed by atoms with E-state index in [1.165, 1.54) is 12.1 Å². The van der Waals surface area contributed by atoms with E-state index >= 15 is 0 Å². The Morgan fingerprint density at radius 3 is 2.42 bits per heavy atom. The summed E-state index contributed by atoms with van der Waals surface area (Å²) in [4.78, 5) is 24.8. The topological polar surface area (TPSA) is 102 Å². The normalized spacial score (nSPS) is 10.4. The number of tetrazole rings is 1. The van der Waals surface area contributed by atoms with Crippen LogP contribution in [0.25, 0.3) is 11.4 Å². The second kappa shape index (κ2) is 7.70. The van der Waals surface area contributed by atoms with Gasteiger partial charge in [0.2, 0.25) is 5.82 Å². The third kappa shape index (κ3) is 4.39. The molecule has 0 saturated heterocycles. The summed E-state index contributed by atoms with van der Waals surface area (Å²) < 4.78 is 12.8. The lowest BCUT2D eigenvalue weighted by Crippen LogP contribution is -2.43. The molecule has 132 valence electrons. The molecule has 2 amide bonds. The third-order valence-corrected chi connectivity index (χ3v) is 3.51. The van der Waals surface area contributed by atoms with Crippen LogP contribution in [0.1, 0.15) is 10.4 Å². The maximum absolute atomic E-state index is 12.8. The summed E-state index contributed by atoms with van der Waals surface area (Å²) >= 11 is 5.82. The molecule has 3 aromatic rings. The number of hydrogen-bond acceptors (Lipinski definition) is 5. The Bertz CT molecular complexity index is 927. The summed E-state index contributed by atoms with van der Waals surface area (Å²) in [6.45, 7) is -0.246. The van der Waals surface area contributed by atoms with E-state index in [2.05, 4.69) is 26.3 Å². The lowest BCUT2D eigenvalue weighted by molar-refractivity contribution is -0.122. The maximum Gasteiger partial charge on any atom is 0.269 e. The van der Waals surface area contributed by atoms with Gasteiger partial charge in [0.05, 0.1) is 0 Å². The number of nitrogens with zero attached hydrogens (tertiary/aromatic N) is 4. The largest absolute Gasteiger partial charge is 0.271 e. The number of carbonyl (C=O) groups excluding carboxylic acids is 2. The molecule has 2 N–H and O–H groups in total. The van der Waals surface area contributed by atoms with Gasteiger partial charge < -0.3 is 0 Å². The van der Waals surface area contributed by atoms with Crippen LogP contribution in [0.15, 0.2) is 48.5 Å². The van der Waals surface area contributed by atoms with Gasteiger partial charge in [-0.05, 0) is 53.7 Å². The molecule has 26 heavy (non-hydrogen) atoms. The van der Waals surface area contributed by atoms with Crippen LogP contribution < -0.4 is 10.9 Å². The highest BCUT2D eigenvalue weighted by Gasteiger charge is 2.11. The highest BCUT2D eigenvalue weighted by molar-refractivity contribution is 6.30. The Kier molecular flexibility index (Phi) is 5.18. The van der Waals surface area contributed by atoms with Crippen LogP contribution in [0.3, 0.4) is 0 Å². The number of amides is 2. The molecule has 0 fully saturated rings. The minimum absolute atomic E-state index is 0.204. The van der Waals surface area contributed by atoms with Gasteiger partial charge in [-0.3, -0.25) is 20.4 Å². The first-order chi connectivity index (χ1) is 12.5. The zero-order valence-electron chi connectivity index (χ0n) is 13.2. The van der Waals surface area contributed by atoms with Gasteiger partial charge >= 0.3 is 0 Å². The lowest BCUT2D eigenvalue weighted by Gasteiger charge is -2.06. The minimum Gasteiger partial charge on any atom is -0.271 e. The van der Waals surface area contributed by atoms with Crippen LogP contribution in [0.2, 0.25) is 5.02 Å². The van der Waals surface area contributed by atoms with Crippen molar-refractivity contribution in [1.29, 1.82) is 0 Å². The smallest absolute Gasteiger partial charge is 0.269 e. The van der Waals surface area contributed by atoms with Crippen LogP contribution in [0.5, 0.6) is 0 Å². The zero-order valence-corrected chi connectivity index (χ0v) is 13.9. The molecule has 0 aliphatic rings. The minimum atomic E-state index is -0.577. The summed E-state index contributed by atoms with van der Waals surface area (Å²) in [6, 6.07) is 11.7. The number of aromatic nitrogens is 4. The van der Waals surface area contributed by atoms with E-state index in [1.807, 2.05) is 0 Å². The summed E-state index contributed by atoms with van der Waals surface area (Å²) in [5.41, 5.74) is 5.34. The molecule has 10 heteroatoms. The van der Waals surface area contributed by atoms with Crippen molar-refractivity contribution in [3.05, 3.63) is 64.9 Å². The summed E-state index contributed by atoms with van der Waals surface area (Å²) in [7, 11) is 0. The Morgan fingerprint density at radius 2 is 1.73 bits per heavy atom. The van der Waals surface area contributed by atoms with Crippen molar-refractivity contribution >= 4 is 23.4 Å². The molecule has 0 bridgehead atoms. The lowest BCUT2D eigenvalue weighted by atomic mass is 10.2. The summed E-state index contributed by atoms with van der Waals surface area (Å²) in [5, 5.41) is 12.3. The highest BCUT2D eigenvalue weighted by Crippen LogP contribution is 2.16. The number of benzene rings is 2. The van der Waals surface area contributed by atoms with Gasteiger partial charge in [-0.1, -0.05) is 11.6 Å². The van der Waals surface area contributed by atoms with Gasteiger partial charge in [-0.15, -0.1) is 10.2 Å². The van der Waals surface area contributed by atoms with Crippen LogP contribution in [0.4, 0.5) is 4.39 Å². The van der Waals surface area contributed by atoms with Crippen LogP contribution >= 0.6 is 11.6 Å². The fraction of sp³-hybridized carbons (Fsp3) is 0.0625. The van der Waals surface area contributed by atoms with Crippen molar-refractivity contribution in [2.24, 2.45) is 0 Å². The van der Waals surface area contributed by atoms with Gasteiger partial charge in [0.25, 0.3) is 11.8 Å². The van der Waals surface area contributed by atoms with Gasteiger partial charge in [0.1, 0.15) is 12.4 Å². The predicted octanol–water partition coefficient (Wildman–Crippen LogP) is 1.59. The maximum atomic E-state index is 12.8. The van der Waals surface area contributed by atoms with Crippen LogP contribution in [0, 0.1) is 5.82 Å². The molecule has 1 aromatic heterocycles. The van der Waals surface area contributed by atoms with Crippen molar-refractivity contribution in [1.82, 2.24) is 31.1 Å². The standard InChI is InChI=1S/C16H12ClFN6O2/c17-12-5-1-10(2-6-12)15-20-23-24(22-15)9-14(25)19-21-16(26)11-3-7-13(18)8-4-11/h1-8H,9H2,(H,19,25)(H,21,26). The van der Waals surface area contributed by atoms with Gasteiger partial charge in [0, 0.05) is 16.1 Å². The SMILES string of the molecule is O=C(Cn1nnc(-c2ccc(Cl)cc2)n1)NNC(=O)c1ccc(F)cc1. The van der Waals surface area contributed by atoms with E-state index in [-0.39, 0.29) is 12.1 Å². The molecular formula is C16H12ClFN6O2. The third-order valence-electron chi connectivity index (χ3n) is 3.26. The van der Waals surface area contributed by atoms with Gasteiger partial charge in [-0.25, -0.2) is 4.39 Å². The molecule has 0 atom stereocenters. The second-order valence-electron chi connectivity index (χ2n) is 5.16. The van der Waals surface area contributed by atoms with E-state index in [0.29, 0.717) is 16.4 Å². The first kappa shape index (κ1) is 17.5. The molecule has 0 aliphatic carbocycles. The summed E-state index contributed by atoms with van der Waals surface area (Å²) in [5.74, 6) is -1.25. The molecule has 1 heterocycles. The van der Waals surface area contributed by atoms with Crippen molar-refractivity contribution in [2.75, 3.05) is 0 Å². The van der Waals surface area contributed by atoms with E-state index in [4.69, 9.17) is 11.6 Å². The van der Waals surface area contributed by atoms with Crippen molar-refractivity contribution in [3.63, 3.8) is 0 Å². The molecule has 3 rings (SSSR count). The Balaban J connectivity index is 1.54. The molecule has 0 saturated carbocycles. The van der Waals surface area contributed by atoms with Crippen molar-refractivity contribution in [3.8, 4) is 11.4 Å². The number of carbonyl (C=O) groups is 2. The molecular weight excluding hydrogens is 363 g/mol. The van der Waals surface area contributed by atoms with Crippen LogP contribution in [-0.2, 0) is 11.3 Å². The first-order valence-electron chi connectivity index (χ1n) is 7.40. The number of rotatable bonds is 4. The number of hydrogen-bond donors (Lipinski definition) is 2. The molecule has 0 spiro atoms. The number of hydrazine groups is 1. The van der Waals surface area contributed by atoms with Crippen molar-refractivity contribution < 1.29 is 14.0 Å². The molecule has 8 nitrogen and oxygen atoms in total.